The zero-order valence-electron chi connectivity index (χ0n) is 18.1. The average molecular weight is 457 g/mol. The van der Waals surface area contributed by atoms with Crippen LogP contribution in [-0.2, 0) is 14.3 Å². The van der Waals surface area contributed by atoms with E-state index in [1.54, 1.807) is 0 Å². The Balaban J connectivity index is 1.54. The van der Waals surface area contributed by atoms with Gasteiger partial charge in [-0.25, -0.2) is 0 Å². The van der Waals surface area contributed by atoms with E-state index in [1.807, 2.05) is 13.0 Å². The van der Waals surface area contributed by atoms with Crippen LogP contribution in [0.5, 0.6) is 0 Å². The van der Waals surface area contributed by atoms with Crippen molar-refractivity contribution in [2.75, 3.05) is 18.9 Å². The number of rotatable bonds is 2. The lowest BCUT2D eigenvalue weighted by molar-refractivity contribution is -0.207. The molecule has 0 aliphatic carbocycles. The molecule has 0 aromatic heterocycles. The van der Waals surface area contributed by atoms with Crippen LogP contribution in [-0.4, -0.2) is 88.2 Å². The number of amides is 1. The number of carbonyl (C=O) groups is 1. The van der Waals surface area contributed by atoms with Crippen molar-refractivity contribution in [3.63, 3.8) is 0 Å². The van der Waals surface area contributed by atoms with E-state index in [4.69, 9.17) is 9.47 Å². The Labute approximate surface area is 188 Å². The quantitative estimate of drug-likeness (QED) is 0.373. The first-order valence-electron chi connectivity index (χ1n) is 11.6. The summed E-state index contributed by atoms with van der Waals surface area (Å²) in [4.78, 5) is 13.3. The number of aliphatic hydroxyl groups is 3. The molecular weight excluding hydrogens is 420 g/mol. The molecule has 0 aromatic rings. The molecule has 9 heteroatoms. The second-order valence-corrected chi connectivity index (χ2v) is 10.5. The lowest BCUT2D eigenvalue weighted by atomic mass is 9.87. The number of hydrogen-bond donors (Lipinski definition) is 5. The topological polar surface area (TPSA) is 120 Å². The number of thioether (sulfide) groups is 1. The summed E-state index contributed by atoms with van der Waals surface area (Å²) in [7, 11) is 0. The number of aliphatic hydroxyl groups excluding tert-OH is 3. The van der Waals surface area contributed by atoms with Crippen molar-refractivity contribution >= 4 is 17.7 Å². The first-order valence-corrected chi connectivity index (χ1v) is 12.7. The third-order valence-corrected chi connectivity index (χ3v) is 8.27. The minimum Gasteiger partial charge on any atom is -0.388 e. The Morgan fingerprint density at radius 1 is 1.13 bits per heavy atom. The maximum atomic E-state index is 13.3. The van der Waals surface area contributed by atoms with Crippen molar-refractivity contribution in [1.82, 2.24) is 10.6 Å². The van der Waals surface area contributed by atoms with Crippen LogP contribution >= 0.6 is 11.8 Å². The van der Waals surface area contributed by atoms with Gasteiger partial charge in [0.15, 0.2) is 0 Å². The SMILES string of the molecule is CC1/C=C\CCCSC2OC(C(O)C(O)C2O)C1NC(=O)C1NCC2CCCCOC21. The summed E-state index contributed by atoms with van der Waals surface area (Å²) < 4.78 is 12.1. The molecule has 5 N–H and O–H groups in total. The van der Waals surface area contributed by atoms with E-state index in [0.29, 0.717) is 12.5 Å². The monoisotopic (exact) mass is 456 g/mol. The number of carbonyl (C=O) groups excluding carboxylic acids is 1. The summed E-state index contributed by atoms with van der Waals surface area (Å²) in [6.45, 7) is 3.40. The van der Waals surface area contributed by atoms with Gasteiger partial charge in [0.05, 0.1) is 12.1 Å². The van der Waals surface area contributed by atoms with E-state index < -0.39 is 41.9 Å². The molecule has 4 rings (SSSR count). The Morgan fingerprint density at radius 3 is 2.81 bits per heavy atom. The van der Waals surface area contributed by atoms with Gasteiger partial charge >= 0.3 is 0 Å². The molecule has 4 heterocycles. The normalized spacial score (nSPS) is 47.5. The van der Waals surface area contributed by atoms with Gasteiger partial charge in [-0.2, -0.15) is 0 Å². The van der Waals surface area contributed by atoms with E-state index in [-0.39, 0.29) is 17.9 Å². The van der Waals surface area contributed by atoms with Crippen molar-refractivity contribution in [3.05, 3.63) is 12.2 Å². The predicted octanol–water partition coefficient (Wildman–Crippen LogP) is 0.155. The lowest BCUT2D eigenvalue weighted by Gasteiger charge is -2.44. The molecule has 176 valence electrons. The maximum Gasteiger partial charge on any atom is 0.240 e. The van der Waals surface area contributed by atoms with Crippen LogP contribution in [0.2, 0.25) is 0 Å². The molecule has 3 saturated heterocycles. The molecular formula is C22H36N2O6S. The Morgan fingerprint density at radius 2 is 1.97 bits per heavy atom. The summed E-state index contributed by atoms with van der Waals surface area (Å²) in [5.41, 5.74) is -0.646. The molecule has 0 radical (unpaired) electrons. The molecule has 0 saturated carbocycles. The van der Waals surface area contributed by atoms with Crippen LogP contribution in [0.4, 0.5) is 0 Å². The fraction of sp³-hybridized carbons (Fsp3) is 0.864. The number of fused-ring (bicyclic) bond motifs is 3. The van der Waals surface area contributed by atoms with Crippen molar-refractivity contribution < 1.29 is 29.6 Å². The molecule has 0 aromatic carbocycles. The Kier molecular flexibility index (Phi) is 7.95. The molecule has 8 nitrogen and oxygen atoms in total. The van der Waals surface area contributed by atoms with Crippen LogP contribution in [0.25, 0.3) is 0 Å². The standard InChI is InChI=1S/C22H36N2O6S/c1-12-7-3-2-6-10-31-22-18(27)16(25)17(26)20(30-22)14(12)24-21(28)15-19-13(11-23-15)8-4-5-9-29-19/h3,7,12-20,22-23,25-27H,2,4-6,8-11H2,1H3,(H,24,28)/b7-3-. The second kappa shape index (κ2) is 10.5. The minimum absolute atomic E-state index is 0.123. The first kappa shape index (κ1) is 23.5. The second-order valence-electron chi connectivity index (χ2n) is 9.25. The van der Waals surface area contributed by atoms with Crippen molar-refractivity contribution in [2.24, 2.45) is 11.8 Å². The van der Waals surface area contributed by atoms with E-state index in [0.717, 1.165) is 44.4 Å². The van der Waals surface area contributed by atoms with Gasteiger partial charge in [0, 0.05) is 13.2 Å². The molecule has 4 aliphatic heterocycles. The van der Waals surface area contributed by atoms with Gasteiger partial charge < -0.3 is 35.4 Å². The van der Waals surface area contributed by atoms with Crippen LogP contribution in [0.3, 0.4) is 0 Å². The van der Waals surface area contributed by atoms with Gasteiger partial charge in [-0.1, -0.05) is 25.5 Å². The lowest BCUT2D eigenvalue weighted by Crippen LogP contribution is -2.65. The summed E-state index contributed by atoms with van der Waals surface area (Å²) in [6, 6.07) is -0.993. The van der Waals surface area contributed by atoms with E-state index in [1.165, 1.54) is 11.8 Å². The van der Waals surface area contributed by atoms with E-state index in [9.17, 15) is 20.1 Å². The number of nitrogens with one attached hydrogen (secondary N) is 2. The summed E-state index contributed by atoms with van der Waals surface area (Å²) >= 11 is 1.44. The van der Waals surface area contributed by atoms with Crippen LogP contribution in [0.1, 0.15) is 39.0 Å². The number of ether oxygens (including phenoxy) is 2. The zero-order valence-corrected chi connectivity index (χ0v) is 18.9. The first-order chi connectivity index (χ1) is 15.0. The smallest absolute Gasteiger partial charge is 0.240 e. The summed E-state index contributed by atoms with van der Waals surface area (Å²) in [5.74, 6) is 0.814. The fourth-order valence-corrected chi connectivity index (χ4v) is 6.29. The average Bonchev–Trinajstić information content (AvgIpc) is 3.00. The molecule has 31 heavy (non-hydrogen) atoms. The van der Waals surface area contributed by atoms with Gasteiger partial charge in [0.25, 0.3) is 0 Å². The van der Waals surface area contributed by atoms with Gasteiger partial charge in [-0.05, 0) is 43.3 Å². The Bertz CT molecular complexity index is 651. The molecule has 4 aliphatic rings. The zero-order chi connectivity index (χ0) is 22.0. The van der Waals surface area contributed by atoms with Crippen molar-refractivity contribution in [3.8, 4) is 0 Å². The van der Waals surface area contributed by atoms with E-state index in [2.05, 4.69) is 16.7 Å². The highest BCUT2D eigenvalue weighted by molar-refractivity contribution is 7.99. The third-order valence-electron chi connectivity index (χ3n) is 7.03. The van der Waals surface area contributed by atoms with Crippen LogP contribution < -0.4 is 10.6 Å². The highest BCUT2D eigenvalue weighted by Gasteiger charge is 2.49. The summed E-state index contributed by atoms with van der Waals surface area (Å²) in [5, 5.41) is 38.0. The van der Waals surface area contributed by atoms with Gasteiger partial charge in [0.1, 0.15) is 35.9 Å². The highest BCUT2D eigenvalue weighted by atomic mass is 32.2. The minimum atomic E-state index is -1.33. The maximum absolute atomic E-state index is 13.3. The van der Waals surface area contributed by atoms with E-state index >= 15 is 0 Å². The van der Waals surface area contributed by atoms with Crippen molar-refractivity contribution in [2.45, 2.75) is 87.1 Å². The molecule has 2 bridgehead atoms. The highest BCUT2D eigenvalue weighted by Crippen LogP contribution is 2.33. The summed E-state index contributed by atoms with van der Waals surface area (Å²) in [6.07, 6.45) is 4.35. The third kappa shape index (κ3) is 5.13. The molecule has 10 atom stereocenters. The largest absolute Gasteiger partial charge is 0.388 e. The predicted molar refractivity (Wildman–Crippen MR) is 117 cm³/mol. The molecule has 3 fully saturated rings. The Hall–Kier alpha value is -0.680. The number of hydrogen-bond acceptors (Lipinski definition) is 8. The van der Waals surface area contributed by atoms with Gasteiger partial charge in [-0.3, -0.25) is 4.79 Å². The van der Waals surface area contributed by atoms with Crippen LogP contribution in [0, 0.1) is 11.8 Å². The molecule has 1 amide bonds. The molecule has 10 unspecified atom stereocenters. The van der Waals surface area contributed by atoms with Gasteiger partial charge in [-0.15, -0.1) is 11.8 Å². The number of allylic oxidation sites excluding steroid dienone is 1. The van der Waals surface area contributed by atoms with Crippen molar-refractivity contribution in [1.29, 1.82) is 0 Å². The fourth-order valence-electron chi connectivity index (χ4n) is 5.16. The van der Waals surface area contributed by atoms with Gasteiger partial charge in [0.2, 0.25) is 5.91 Å². The molecule has 0 spiro atoms. The van der Waals surface area contributed by atoms with Crippen LogP contribution in [0.15, 0.2) is 12.2 Å².